The van der Waals surface area contributed by atoms with E-state index in [-0.39, 0.29) is 11.3 Å². The molecular weight excluding hydrogens is 164 g/mol. The number of aliphatic imine (C=N–C) groups is 1. The van der Waals surface area contributed by atoms with E-state index >= 15 is 0 Å². The van der Waals surface area contributed by atoms with Crippen LogP contribution in [0.3, 0.4) is 0 Å². The van der Waals surface area contributed by atoms with Crippen LogP contribution in [0.2, 0.25) is 0 Å². The van der Waals surface area contributed by atoms with Gasteiger partial charge in [-0.05, 0) is 25.0 Å². The van der Waals surface area contributed by atoms with Crippen LogP contribution in [0.25, 0.3) is 0 Å². The lowest BCUT2D eigenvalue weighted by Crippen LogP contribution is -2.11. The number of nitrogens with zero attached hydrogens (tertiary/aromatic N) is 2. The molecule has 3 nitrogen and oxygen atoms in total. The number of amides is 1. The van der Waals surface area contributed by atoms with E-state index in [1.54, 1.807) is 0 Å². The number of carbonyl (C=O) groups excluding carboxylic acids is 1. The molecule has 1 aromatic heterocycles. The lowest BCUT2D eigenvalue weighted by molar-refractivity contribution is 0.0996. The summed E-state index contributed by atoms with van der Waals surface area (Å²) >= 11 is 0. The first-order chi connectivity index (χ1) is 6.29. The molecule has 1 aliphatic carbocycles. The second kappa shape index (κ2) is 2.10. The van der Waals surface area contributed by atoms with Crippen LogP contribution in [-0.2, 0) is 6.54 Å². The van der Waals surface area contributed by atoms with E-state index in [0.29, 0.717) is 0 Å². The van der Waals surface area contributed by atoms with Gasteiger partial charge in [-0.1, -0.05) is 0 Å². The van der Waals surface area contributed by atoms with E-state index in [1.165, 1.54) is 12.8 Å². The van der Waals surface area contributed by atoms with Crippen molar-refractivity contribution in [3.63, 3.8) is 0 Å². The largest absolute Gasteiger partial charge is 0.343 e. The minimum Gasteiger partial charge on any atom is -0.343 e. The number of rotatable bonds is 0. The molecule has 1 fully saturated rings. The van der Waals surface area contributed by atoms with Crippen LogP contribution in [0.4, 0.5) is 0 Å². The van der Waals surface area contributed by atoms with Crippen LogP contribution in [0.15, 0.2) is 23.3 Å². The van der Waals surface area contributed by atoms with Gasteiger partial charge >= 0.3 is 0 Å². The van der Waals surface area contributed by atoms with E-state index < -0.39 is 0 Å². The highest BCUT2D eigenvalue weighted by atomic mass is 16.1. The Bertz CT molecular complexity index is 399. The minimum atomic E-state index is -0.103. The van der Waals surface area contributed by atoms with E-state index in [2.05, 4.69) is 4.99 Å². The topological polar surface area (TPSA) is 34.4 Å². The van der Waals surface area contributed by atoms with E-state index in [9.17, 15) is 4.79 Å². The molecule has 1 saturated carbocycles. The van der Waals surface area contributed by atoms with E-state index in [1.807, 2.05) is 29.1 Å². The maximum atomic E-state index is 11.5. The second-order valence-electron chi connectivity index (χ2n) is 3.95. The normalized spacial score (nSPS) is 22.9. The Morgan fingerprint density at radius 1 is 1.46 bits per heavy atom. The van der Waals surface area contributed by atoms with Crippen molar-refractivity contribution in [3.05, 3.63) is 24.0 Å². The number of carbonyl (C=O) groups is 1. The summed E-state index contributed by atoms with van der Waals surface area (Å²) in [6.45, 7) is 0.921. The van der Waals surface area contributed by atoms with Crippen molar-refractivity contribution in [1.82, 2.24) is 4.57 Å². The van der Waals surface area contributed by atoms with Crippen LogP contribution < -0.4 is 0 Å². The van der Waals surface area contributed by atoms with Crippen LogP contribution in [0, 0.1) is 5.41 Å². The molecule has 1 aromatic rings. The monoisotopic (exact) mass is 174 g/mol. The summed E-state index contributed by atoms with van der Waals surface area (Å²) < 4.78 is 2.02. The molecule has 0 aromatic carbocycles. The molecule has 66 valence electrons. The van der Waals surface area contributed by atoms with Crippen molar-refractivity contribution in [2.24, 2.45) is 10.4 Å². The fourth-order valence-electron chi connectivity index (χ4n) is 1.84. The highest BCUT2D eigenvalue weighted by molar-refractivity contribution is 5.99. The van der Waals surface area contributed by atoms with Gasteiger partial charge in [-0.25, -0.2) is 4.99 Å². The Morgan fingerprint density at radius 3 is 3.08 bits per heavy atom. The molecule has 0 unspecified atom stereocenters. The van der Waals surface area contributed by atoms with Crippen LogP contribution in [-0.4, -0.2) is 16.7 Å². The molecule has 1 spiro atoms. The summed E-state index contributed by atoms with van der Waals surface area (Å²) in [6, 6.07) is 3.74. The molecule has 2 heterocycles. The Kier molecular flexibility index (Phi) is 1.14. The van der Waals surface area contributed by atoms with Gasteiger partial charge in [0.25, 0.3) is 5.91 Å². The van der Waals surface area contributed by atoms with Crippen molar-refractivity contribution >= 4 is 12.1 Å². The quantitative estimate of drug-likeness (QED) is 0.586. The Hall–Kier alpha value is -1.38. The molecule has 0 saturated heterocycles. The number of hydrogen-bond donors (Lipinski definition) is 0. The highest BCUT2D eigenvalue weighted by Crippen LogP contribution is 2.46. The molecule has 0 N–H and O–H groups in total. The molecule has 3 heteroatoms. The Balaban J connectivity index is 2.13. The average molecular weight is 174 g/mol. The third kappa shape index (κ3) is 0.963. The number of aromatic nitrogens is 1. The van der Waals surface area contributed by atoms with Crippen LogP contribution in [0.5, 0.6) is 0 Å². The standard InChI is InChI=1S/C10H10N2O/c13-9-8-2-1-5-12(8)7-10(3-4-10)6-11-9/h1-2,5-6H,3-4,7H2. The zero-order valence-corrected chi connectivity index (χ0v) is 7.23. The third-order valence-electron chi connectivity index (χ3n) is 2.88. The van der Waals surface area contributed by atoms with Gasteiger partial charge in [0.05, 0.1) is 0 Å². The Morgan fingerprint density at radius 2 is 2.31 bits per heavy atom. The molecule has 3 rings (SSSR count). The summed E-state index contributed by atoms with van der Waals surface area (Å²) in [4.78, 5) is 15.4. The van der Waals surface area contributed by atoms with Gasteiger partial charge in [0.15, 0.2) is 0 Å². The predicted octanol–water partition coefficient (Wildman–Crippen LogP) is 1.49. The average Bonchev–Trinajstić information content (AvgIpc) is 2.75. The van der Waals surface area contributed by atoms with Gasteiger partial charge in [0.2, 0.25) is 0 Å². The van der Waals surface area contributed by atoms with Gasteiger partial charge in [-0.2, -0.15) is 0 Å². The molecule has 0 atom stereocenters. The van der Waals surface area contributed by atoms with E-state index in [0.717, 1.165) is 12.2 Å². The summed E-state index contributed by atoms with van der Waals surface area (Å²) in [5, 5.41) is 0. The molecule has 13 heavy (non-hydrogen) atoms. The highest BCUT2D eigenvalue weighted by Gasteiger charge is 2.43. The summed E-state index contributed by atoms with van der Waals surface area (Å²) in [7, 11) is 0. The van der Waals surface area contributed by atoms with Gasteiger partial charge in [0, 0.05) is 24.4 Å². The van der Waals surface area contributed by atoms with Crippen molar-refractivity contribution in [2.45, 2.75) is 19.4 Å². The lowest BCUT2D eigenvalue weighted by atomic mass is 10.1. The van der Waals surface area contributed by atoms with Crippen molar-refractivity contribution in [2.75, 3.05) is 0 Å². The van der Waals surface area contributed by atoms with Crippen LogP contribution >= 0.6 is 0 Å². The zero-order chi connectivity index (χ0) is 8.89. The first-order valence-electron chi connectivity index (χ1n) is 4.54. The SMILES string of the molecule is O=C1N=CC2(CC2)Cn2cccc21. The van der Waals surface area contributed by atoms with Crippen molar-refractivity contribution in [1.29, 1.82) is 0 Å². The molecule has 2 aliphatic rings. The van der Waals surface area contributed by atoms with Gasteiger partial charge in [-0.3, -0.25) is 4.79 Å². The fourth-order valence-corrected chi connectivity index (χ4v) is 1.84. The van der Waals surface area contributed by atoms with Crippen molar-refractivity contribution < 1.29 is 4.79 Å². The minimum absolute atomic E-state index is 0.103. The van der Waals surface area contributed by atoms with Crippen LogP contribution in [0.1, 0.15) is 23.3 Å². The molecule has 1 amide bonds. The Labute approximate surface area is 76.1 Å². The predicted molar refractivity (Wildman–Crippen MR) is 48.9 cm³/mol. The zero-order valence-electron chi connectivity index (χ0n) is 7.23. The maximum absolute atomic E-state index is 11.5. The van der Waals surface area contributed by atoms with Gasteiger partial charge in [-0.15, -0.1) is 0 Å². The first-order valence-corrected chi connectivity index (χ1v) is 4.54. The molecule has 0 radical (unpaired) electrons. The second-order valence-corrected chi connectivity index (χ2v) is 3.95. The fraction of sp³-hybridized carbons (Fsp3) is 0.400. The van der Waals surface area contributed by atoms with E-state index in [4.69, 9.17) is 0 Å². The number of fused-ring (bicyclic) bond motifs is 1. The summed E-state index contributed by atoms with van der Waals surface area (Å²) in [6.07, 6.45) is 6.15. The molecule has 0 bridgehead atoms. The number of hydrogen-bond acceptors (Lipinski definition) is 1. The summed E-state index contributed by atoms with van der Waals surface area (Å²) in [5.41, 5.74) is 0.931. The molecule has 1 aliphatic heterocycles. The van der Waals surface area contributed by atoms with Gasteiger partial charge in [0.1, 0.15) is 5.69 Å². The van der Waals surface area contributed by atoms with Gasteiger partial charge < -0.3 is 4.57 Å². The third-order valence-corrected chi connectivity index (χ3v) is 2.88. The molecular formula is C10H10N2O. The lowest BCUT2D eigenvalue weighted by Gasteiger charge is -2.08. The van der Waals surface area contributed by atoms with Crippen molar-refractivity contribution in [3.8, 4) is 0 Å². The smallest absolute Gasteiger partial charge is 0.293 e. The maximum Gasteiger partial charge on any atom is 0.293 e. The summed E-state index contributed by atoms with van der Waals surface area (Å²) in [5.74, 6) is -0.103. The first kappa shape index (κ1) is 7.06.